The second-order valence-electron chi connectivity index (χ2n) is 6.68. The number of morpholine rings is 1. The molecule has 0 aliphatic carbocycles. The van der Waals surface area contributed by atoms with Gasteiger partial charge in [0.15, 0.2) is 11.5 Å². The van der Waals surface area contributed by atoms with E-state index in [0.717, 1.165) is 43.4 Å². The molecule has 0 bridgehead atoms. The molecule has 1 aromatic carbocycles. The van der Waals surface area contributed by atoms with E-state index in [1.165, 1.54) is 0 Å². The molecule has 0 radical (unpaired) electrons. The molecule has 6 nitrogen and oxygen atoms in total. The number of hydrogen-bond acceptors (Lipinski definition) is 5. The normalized spacial score (nSPS) is 18.6. The molecule has 2 aliphatic heterocycles. The van der Waals surface area contributed by atoms with Crippen molar-refractivity contribution in [2.45, 2.75) is 26.3 Å². The highest BCUT2D eigenvalue weighted by Gasteiger charge is 2.25. The number of amides is 1. The van der Waals surface area contributed by atoms with Gasteiger partial charge in [0.25, 0.3) is 0 Å². The van der Waals surface area contributed by atoms with Crippen LogP contribution in [0.2, 0.25) is 0 Å². The molecular weight excluding hydrogens is 308 g/mol. The van der Waals surface area contributed by atoms with Crippen LogP contribution in [0.1, 0.15) is 31.9 Å². The van der Waals surface area contributed by atoms with Crippen LogP contribution in [0.25, 0.3) is 0 Å². The van der Waals surface area contributed by atoms with Crippen molar-refractivity contribution >= 4 is 5.91 Å². The Morgan fingerprint density at radius 2 is 1.96 bits per heavy atom. The van der Waals surface area contributed by atoms with Crippen LogP contribution in [0.15, 0.2) is 18.2 Å². The van der Waals surface area contributed by atoms with Gasteiger partial charge in [0.2, 0.25) is 12.7 Å². The monoisotopic (exact) mass is 334 g/mol. The van der Waals surface area contributed by atoms with Crippen molar-refractivity contribution in [1.29, 1.82) is 0 Å². The quantitative estimate of drug-likeness (QED) is 0.862. The van der Waals surface area contributed by atoms with Gasteiger partial charge in [-0.15, -0.1) is 0 Å². The fourth-order valence-corrected chi connectivity index (χ4v) is 3.12. The summed E-state index contributed by atoms with van der Waals surface area (Å²) < 4.78 is 16.4. The number of nitrogens with zero attached hydrogens (tertiary/aromatic N) is 1. The maximum Gasteiger partial charge on any atom is 0.231 e. The first-order chi connectivity index (χ1) is 11.6. The predicted octanol–water partition coefficient (Wildman–Crippen LogP) is 1.95. The zero-order chi connectivity index (χ0) is 16.9. The van der Waals surface area contributed by atoms with E-state index in [4.69, 9.17) is 14.2 Å². The molecule has 1 atom stereocenters. The van der Waals surface area contributed by atoms with Crippen LogP contribution in [0.4, 0.5) is 0 Å². The smallest absolute Gasteiger partial charge is 0.231 e. The van der Waals surface area contributed by atoms with Gasteiger partial charge in [-0.25, -0.2) is 0 Å². The third kappa shape index (κ3) is 4.19. The number of rotatable bonds is 6. The standard InChI is InChI=1S/C18H26N2O4/c1-13(2)9-18(21)19-11-15(20-5-7-22-8-6-20)14-3-4-16-17(10-14)24-12-23-16/h3-4,10,13,15H,5-9,11-12H2,1-2H3,(H,19,21)/t15-/m0/s1. The lowest BCUT2D eigenvalue weighted by Gasteiger charge is -2.35. The predicted molar refractivity (Wildman–Crippen MR) is 90.2 cm³/mol. The van der Waals surface area contributed by atoms with Gasteiger partial charge >= 0.3 is 0 Å². The Morgan fingerprint density at radius 3 is 2.71 bits per heavy atom. The molecule has 3 rings (SSSR count). The molecule has 1 amide bonds. The van der Waals surface area contributed by atoms with E-state index in [0.29, 0.717) is 18.9 Å². The molecule has 6 heteroatoms. The molecular formula is C18H26N2O4. The SMILES string of the molecule is CC(C)CC(=O)NC[C@@H](c1ccc2c(c1)OCO2)N1CCOCC1. The fourth-order valence-electron chi connectivity index (χ4n) is 3.12. The molecule has 1 N–H and O–H groups in total. The number of nitrogens with one attached hydrogen (secondary N) is 1. The molecule has 0 aromatic heterocycles. The van der Waals surface area contributed by atoms with E-state index in [1.807, 2.05) is 12.1 Å². The van der Waals surface area contributed by atoms with Crippen molar-refractivity contribution in [2.75, 3.05) is 39.6 Å². The molecule has 2 heterocycles. The molecule has 132 valence electrons. The summed E-state index contributed by atoms with van der Waals surface area (Å²) in [7, 11) is 0. The van der Waals surface area contributed by atoms with Gasteiger partial charge in [-0.05, 0) is 23.6 Å². The summed E-state index contributed by atoms with van der Waals surface area (Å²) >= 11 is 0. The lowest BCUT2D eigenvalue weighted by atomic mass is 10.0. The van der Waals surface area contributed by atoms with Crippen LogP contribution in [-0.2, 0) is 9.53 Å². The summed E-state index contributed by atoms with van der Waals surface area (Å²) in [5, 5.41) is 3.08. The lowest BCUT2D eigenvalue weighted by molar-refractivity contribution is -0.122. The van der Waals surface area contributed by atoms with Crippen LogP contribution in [0.5, 0.6) is 11.5 Å². The number of fused-ring (bicyclic) bond motifs is 1. The Balaban J connectivity index is 1.73. The van der Waals surface area contributed by atoms with Crippen molar-refractivity contribution < 1.29 is 19.0 Å². The van der Waals surface area contributed by atoms with E-state index in [2.05, 4.69) is 30.1 Å². The lowest BCUT2D eigenvalue weighted by Crippen LogP contribution is -2.43. The molecule has 1 fully saturated rings. The van der Waals surface area contributed by atoms with Crippen LogP contribution >= 0.6 is 0 Å². The number of benzene rings is 1. The summed E-state index contributed by atoms with van der Waals surface area (Å²) in [4.78, 5) is 14.4. The van der Waals surface area contributed by atoms with Gasteiger partial charge in [0, 0.05) is 26.1 Å². The van der Waals surface area contributed by atoms with Crippen LogP contribution in [-0.4, -0.2) is 50.4 Å². The van der Waals surface area contributed by atoms with Gasteiger partial charge in [-0.1, -0.05) is 19.9 Å². The Labute approximate surface area is 143 Å². The summed E-state index contributed by atoms with van der Waals surface area (Å²) in [5.41, 5.74) is 1.13. The van der Waals surface area contributed by atoms with E-state index >= 15 is 0 Å². The van der Waals surface area contributed by atoms with Crippen molar-refractivity contribution in [1.82, 2.24) is 10.2 Å². The van der Waals surface area contributed by atoms with Gasteiger partial charge in [0.05, 0.1) is 19.3 Å². The van der Waals surface area contributed by atoms with Crippen molar-refractivity contribution in [3.8, 4) is 11.5 Å². The molecule has 1 aromatic rings. The van der Waals surface area contributed by atoms with E-state index in [1.54, 1.807) is 0 Å². The molecule has 2 aliphatic rings. The average Bonchev–Trinajstić information content (AvgIpc) is 3.03. The highest BCUT2D eigenvalue weighted by molar-refractivity contribution is 5.76. The maximum atomic E-state index is 12.1. The summed E-state index contributed by atoms with van der Waals surface area (Å²) in [5.74, 6) is 2.02. The first kappa shape index (κ1) is 17.0. The second-order valence-corrected chi connectivity index (χ2v) is 6.68. The largest absolute Gasteiger partial charge is 0.454 e. The van der Waals surface area contributed by atoms with Crippen molar-refractivity contribution in [3.05, 3.63) is 23.8 Å². The third-order valence-corrected chi connectivity index (χ3v) is 4.35. The highest BCUT2D eigenvalue weighted by atomic mass is 16.7. The summed E-state index contributed by atoms with van der Waals surface area (Å²) in [6.45, 7) is 8.13. The zero-order valence-electron chi connectivity index (χ0n) is 14.4. The number of ether oxygens (including phenoxy) is 3. The maximum absolute atomic E-state index is 12.1. The highest BCUT2D eigenvalue weighted by Crippen LogP contribution is 2.35. The van der Waals surface area contributed by atoms with Gasteiger partial charge in [-0.2, -0.15) is 0 Å². The number of carbonyl (C=O) groups excluding carboxylic acids is 1. The molecule has 1 saturated heterocycles. The van der Waals surface area contributed by atoms with Crippen LogP contribution in [0.3, 0.4) is 0 Å². The molecule has 24 heavy (non-hydrogen) atoms. The fraction of sp³-hybridized carbons (Fsp3) is 0.611. The second kappa shape index (κ2) is 7.85. The minimum absolute atomic E-state index is 0.101. The minimum atomic E-state index is 0.101. The van der Waals surface area contributed by atoms with E-state index in [-0.39, 0.29) is 18.7 Å². The van der Waals surface area contributed by atoms with Crippen LogP contribution in [0, 0.1) is 5.92 Å². The van der Waals surface area contributed by atoms with Crippen LogP contribution < -0.4 is 14.8 Å². The number of carbonyl (C=O) groups is 1. The van der Waals surface area contributed by atoms with E-state index in [9.17, 15) is 4.79 Å². The first-order valence-corrected chi connectivity index (χ1v) is 8.61. The molecule has 0 unspecified atom stereocenters. The molecule has 0 spiro atoms. The Kier molecular flexibility index (Phi) is 5.58. The Hall–Kier alpha value is -1.79. The first-order valence-electron chi connectivity index (χ1n) is 8.61. The Morgan fingerprint density at radius 1 is 1.21 bits per heavy atom. The third-order valence-electron chi connectivity index (χ3n) is 4.35. The van der Waals surface area contributed by atoms with Crippen molar-refractivity contribution in [3.63, 3.8) is 0 Å². The summed E-state index contributed by atoms with van der Waals surface area (Å²) in [6, 6.07) is 6.14. The topological polar surface area (TPSA) is 60.0 Å². The minimum Gasteiger partial charge on any atom is -0.454 e. The zero-order valence-corrected chi connectivity index (χ0v) is 14.4. The average molecular weight is 334 g/mol. The van der Waals surface area contributed by atoms with Gasteiger partial charge in [0.1, 0.15) is 0 Å². The Bertz CT molecular complexity index is 570. The number of hydrogen-bond donors (Lipinski definition) is 1. The van der Waals surface area contributed by atoms with Gasteiger partial charge in [-0.3, -0.25) is 9.69 Å². The van der Waals surface area contributed by atoms with E-state index < -0.39 is 0 Å². The summed E-state index contributed by atoms with van der Waals surface area (Å²) in [6.07, 6.45) is 0.553. The molecule has 0 saturated carbocycles. The van der Waals surface area contributed by atoms with Gasteiger partial charge < -0.3 is 19.5 Å². The van der Waals surface area contributed by atoms with Crippen molar-refractivity contribution in [2.24, 2.45) is 5.92 Å².